The Hall–Kier alpha value is -2.25. The van der Waals surface area contributed by atoms with Crippen LogP contribution in [0.4, 0.5) is 16.4 Å². The first-order chi connectivity index (χ1) is 10.6. The second-order valence-electron chi connectivity index (χ2n) is 5.42. The Balaban J connectivity index is 2.10. The van der Waals surface area contributed by atoms with Gasteiger partial charge in [-0.05, 0) is 25.7 Å². The smallest absolute Gasteiger partial charge is 0.320 e. The normalized spacial score (nSPS) is 14.7. The van der Waals surface area contributed by atoms with Gasteiger partial charge in [0, 0.05) is 25.7 Å². The van der Waals surface area contributed by atoms with Crippen LogP contribution in [0.5, 0.6) is 0 Å². The van der Waals surface area contributed by atoms with Crippen LogP contribution in [0.2, 0.25) is 0 Å². The first kappa shape index (κ1) is 16.1. The summed E-state index contributed by atoms with van der Waals surface area (Å²) in [4.78, 5) is 17.9. The molecule has 0 bridgehead atoms. The van der Waals surface area contributed by atoms with E-state index >= 15 is 0 Å². The molecule has 8 nitrogen and oxygen atoms in total. The average molecular weight is 308 g/mol. The minimum Gasteiger partial charge on any atom is -0.423 e. The van der Waals surface area contributed by atoms with E-state index in [0.29, 0.717) is 17.1 Å². The van der Waals surface area contributed by atoms with E-state index in [9.17, 15) is 10.0 Å². The van der Waals surface area contributed by atoms with Crippen molar-refractivity contribution < 1.29 is 10.0 Å². The van der Waals surface area contributed by atoms with Crippen molar-refractivity contribution in [3.63, 3.8) is 0 Å². The Kier molecular flexibility index (Phi) is 5.62. The molecular formula is C14H24N6O2. The van der Waals surface area contributed by atoms with Crippen molar-refractivity contribution in [3.8, 4) is 0 Å². The first-order valence-electron chi connectivity index (χ1n) is 7.79. The molecule has 1 aliphatic rings. The number of unbranched alkanes of at least 4 members (excludes halogenated alkanes) is 1. The molecule has 2 heterocycles. The fraction of sp³-hybridized carbons (Fsp3) is 0.643. The van der Waals surface area contributed by atoms with E-state index in [-0.39, 0.29) is 11.4 Å². The molecule has 0 aliphatic carbocycles. The summed E-state index contributed by atoms with van der Waals surface area (Å²) < 4.78 is 0.576. The van der Waals surface area contributed by atoms with Crippen molar-refractivity contribution in [2.75, 3.05) is 29.9 Å². The van der Waals surface area contributed by atoms with E-state index in [1.807, 2.05) is 6.92 Å². The van der Waals surface area contributed by atoms with Gasteiger partial charge in [0.2, 0.25) is 0 Å². The number of nitrogens with zero attached hydrogens (tertiary/aromatic N) is 3. The molecule has 1 aromatic rings. The van der Waals surface area contributed by atoms with Gasteiger partial charge in [0.25, 0.3) is 5.62 Å². The van der Waals surface area contributed by atoms with Crippen LogP contribution in [-0.2, 0) is 0 Å². The van der Waals surface area contributed by atoms with Gasteiger partial charge in [-0.1, -0.05) is 13.3 Å². The number of amides is 2. The first-order valence-corrected chi connectivity index (χ1v) is 7.79. The van der Waals surface area contributed by atoms with Crippen LogP contribution in [0.15, 0.2) is 6.07 Å². The fourth-order valence-electron chi connectivity index (χ4n) is 2.40. The molecule has 0 radical (unpaired) electrons. The van der Waals surface area contributed by atoms with E-state index in [0.717, 1.165) is 38.8 Å². The van der Waals surface area contributed by atoms with Gasteiger partial charge in [0.05, 0.1) is 0 Å². The van der Waals surface area contributed by atoms with Crippen LogP contribution < -0.4 is 21.2 Å². The molecule has 0 aromatic carbocycles. The molecule has 1 aromatic heterocycles. The molecule has 2 amide bonds. The molecule has 8 heteroatoms. The SMILES string of the molecule is CCCCNC(=O)Nc1cc(N2CCCCC2)nc(=N)n1O. The number of aromatic nitrogens is 2. The van der Waals surface area contributed by atoms with Crippen LogP contribution >= 0.6 is 0 Å². The highest BCUT2D eigenvalue weighted by Gasteiger charge is 2.16. The Morgan fingerprint density at radius 3 is 2.82 bits per heavy atom. The molecule has 1 saturated heterocycles. The second kappa shape index (κ2) is 7.67. The van der Waals surface area contributed by atoms with Crippen LogP contribution in [0.1, 0.15) is 39.0 Å². The molecule has 0 atom stereocenters. The topological polar surface area (TPSA) is 106 Å². The number of rotatable bonds is 5. The van der Waals surface area contributed by atoms with Crippen molar-refractivity contribution in [1.29, 1.82) is 5.41 Å². The van der Waals surface area contributed by atoms with Crippen LogP contribution in [0.3, 0.4) is 0 Å². The molecule has 1 aliphatic heterocycles. The number of piperidine rings is 1. The maximum Gasteiger partial charge on any atom is 0.320 e. The number of urea groups is 1. The Bertz CT molecular complexity index is 565. The van der Waals surface area contributed by atoms with Crippen LogP contribution in [0.25, 0.3) is 0 Å². The van der Waals surface area contributed by atoms with E-state index < -0.39 is 6.03 Å². The summed E-state index contributed by atoms with van der Waals surface area (Å²) >= 11 is 0. The Morgan fingerprint density at radius 1 is 1.41 bits per heavy atom. The zero-order valence-corrected chi connectivity index (χ0v) is 12.9. The molecule has 1 fully saturated rings. The van der Waals surface area contributed by atoms with Crippen LogP contribution in [0, 0.1) is 5.41 Å². The largest absolute Gasteiger partial charge is 0.423 e. The van der Waals surface area contributed by atoms with Gasteiger partial charge in [-0.3, -0.25) is 10.7 Å². The van der Waals surface area contributed by atoms with Crippen molar-refractivity contribution in [1.82, 2.24) is 15.0 Å². The molecule has 0 unspecified atom stereocenters. The average Bonchev–Trinajstić information content (AvgIpc) is 2.52. The number of carbonyl (C=O) groups is 1. The molecular weight excluding hydrogens is 284 g/mol. The van der Waals surface area contributed by atoms with Crippen molar-refractivity contribution >= 4 is 17.7 Å². The highest BCUT2D eigenvalue weighted by molar-refractivity contribution is 5.88. The maximum atomic E-state index is 11.8. The monoisotopic (exact) mass is 308 g/mol. The lowest BCUT2D eigenvalue weighted by molar-refractivity contribution is 0.170. The lowest BCUT2D eigenvalue weighted by Gasteiger charge is -2.28. The third-order valence-electron chi connectivity index (χ3n) is 3.65. The van der Waals surface area contributed by atoms with Gasteiger partial charge >= 0.3 is 6.03 Å². The Morgan fingerprint density at radius 2 is 2.14 bits per heavy atom. The van der Waals surface area contributed by atoms with Gasteiger partial charge in [-0.2, -0.15) is 4.98 Å². The zero-order valence-electron chi connectivity index (χ0n) is 12.9. The van der Waals surface area contributed by atoms with Crippen LogP contribution in [-0.4, -0.2) is 40.6 Å². The lowest BCUT2D eigenvalue weighted by atomic mass is 10.1. The van der Waals surface area contributed by atoms with E-state index in [4.69, 9.17) is 5.41 Å². The van der Waals surface area contributed by atoms with Crippen molar-refractivity contribution in [3.05, 3.63) is 11.7 Å². The number of anilines is 2. The van der Waals surface area contributed by atoms with Gasteiger partial charge in [0.1, 0.15) is 5.82 Å². The maximum absolute atomic E-state index is 11.8. The van der Waals surface area contributed by atoms with E-state index in [1.54, 1.807) is 6.07 Å². The highest BCUT2D eigenvalue weighted by Crippen LogP contribution is 2.18. The van der Waals surface area contributed by atoms with Gasteiger partial charge in [-0.25, -0.2) is 4.79 Å². The molecule has 122 valence electrons. The molecule has 2 rings (SSSR count). The van der Waals surface area contributed by atoms with Crippen molar-refractivity contribution in [2.45, 2.75) is 39.0 Å². The number of hydrogen-bond donors (Lipinski definition) is 4. The zero-order chi connectivity index (χ0) is 15.9. The predicted molar refractivity (Wildman–Crippen MR) is 83.3 cm³/mol. The number of carbonyl (C=O) groups excluding carboxylic acids is 1. The van der Waals surface area contributed by atoms with Gasteiger partial charge in [0.15, 0.2) is 5.82 Å². The standard InChI is InChI=1S/C14H24N6O2/c1-2-3-7-16-14(21)18-12-10-11(17-13(15)20(12)22)19-8-5-4-6-9-19/h10,15,22H,2-9H2,1H3,(H2,16,18,21). The molecule has 22 heavy (non-hydrogen) atoms. The second-order valence-corrected chi connectivity index (χ2v) is 5.42. The predicted octanol–water partition coefficient (Wildman–Crippen LogP) is 1.51. The van der Waals surface area contributed by atoms with E-state index in [1.165, 1.54) is 6.42 Å². The van der Waals surface area contributed by atoms with Gasteiger partial charge in [-0.15, -0.1) is 4.73 Å². The number of nitrogens with one attached hydrogen (secondary N) is 3. The number of hydrogen-bond acceptors (Lipinski definition) is 5. The third-order valence-corrected chi connectivity index (χ3v) is 3.65. The highest BCUT2D eigenvalue weighted by atomic mass is 16.5. The third kappa shape index (κ3) is 4.12. The van der Waals surface area contributed by atoms with Gasteiger partial charge < -0.3 is 15.4 Å². The summed E-state index contributed by atoms with van der Waals surface area (Å²) in [6.07, 6.45) is 5.26. The quantitative estimate of drug-likeness (QED) is 0.488. The lowest BCUT2D eigenvalue weighted by Crippen LogP contribution is -2.36. The summed E-state index contributed by atoms with van der Waals surface area (Å²) in [6, 6.07) is 1.20. The minimum absolute atomic E-state index is 0.148. The molecule has 4 N–H and O–H groups in total. The summed E-state index contributed by atoms with van der Waals surface area (Å²) in [7, 11) is 0. The van der Waals surface area contributed by atoms with Crippen molar-refractivity contribution in [2.24, 2.45) is 0 Å². The minimum atomic E-state index is -0.397. The van der Waals surface area contributed by atoms with E-state index in [2.05, 4.69) is 20.5 Å². The fourth-order valence-corrected chi connectivity index (χ4v) is 2.40. The summed E-state index contributed by atoms with van der Waals surface area (Å²) in [5.74, 6) is 0.758. The summed E-state index contributed by atoms with van der Waals surface area (Å²) in [6.45, 7) is 4.38. The summed E-state index contributed by atoms with van der Waals surface area (Å²) in [5.41, 5.74) is -0.299. The summed E-state index contributed by atoms with van der Waals surface area (Å²) in [5, 5.41) is 22.9. The molecule has 0 saturated carbocycles. The Labute approximate surface area is 129 Å². The molecule has 0 spiro atoms.